The summed E-state index contributed by atoms with van der Waals surface area (Å²) in [4.78, 5) is 0. The molecule has 2 heteroatoms. The van der Waals surface area contributed by atoms with E-state index in [1.54, 1.807) is 5.20 Å². The van der Waals surface area contributed by atoms with Gasteiger partial charge in [-0.1, -0.05) is 103 Å². The van der Waals surface area contributed by atoms with Crippen LogP contribution < -0.4 is 9.92 Å². The van der Waals surface area contributed by atoms with Crippen LogP contribution in [0.15, 0.2) is 84.6 Å². The number of aryl methyl sites for hydroxylation is 1. The SMILES string of the molecule is C=CCOc1c(-c2ccccc2)cc(C)cc1[Si](C)(C)C1=Cc2ccccc2C1. The van der Waals surface area contributed by atoms with Crippen LogP contribution in [0.1, 0.15) is 16.7 Å². The molecule has 29 heavy (non-hydrogen) atoms. The summed E-state index contributed by atoms with van der Waals surface area (Å²) in [7, 11) is -1.93. The van der Waals surface area contributed by atoms with Crippen molar-refractivity contribution in [3.63, 3.8) is 0 Å². The predicted molar refractivity (Wildman–Crippen MR) is 128 cm³/mol. The minimum Gasteiger partial charge on any atom is -0.489 e. The van der Waals surface area contributed by atoms with Gasteiger partial charge >= 0.3 is 0 Å². The van der Waals surface area contributed by atoms with Crippen LogP contribution >= 0.6 is 0 Å². The molecule has 0 radical (unpaired) electrons. The van der Waals surface area contributed by atoms with Gasteiger partial charge in [0.1, 0.15) is 20.4 Å². The first-order chi connectivity index (χ1) is 14.0. The normalized spacial score (nSPS) is 13.0. The van der Waals surface area contributed by atoms with Crippen LogP contribution in [-0.4, -0.2) is 14.7 Å². The molecule has 0 saturated carbocycles. The third-order valence-electron chi connectivity index (χ3n) is 5.91. The highest BCUT2D eigenvalue weighted by Crippen LogP contribution is 2.36. The van der Waals surface area contributed by atoms with Crippen molar-refractivity contribution >= 4 is 19.3 Å². The Balaban J connectivity index is 1.86. The summed E-state index contributed by atoms with van der Waals surface area (Å²) in [5, 5.41) is 2.93. The van der Waals surface area contributed by atoms with E-state index < -0.39 is 8.07 Å². The first-order valence-electron chi connectivity index (χ1n) is 10.2. The first-order valence-corrected chi connectivity index (χ1v) is 13.2. The molecule has 0 spiro atoms. The van der Waals surface area contributed by atoms with Crippen LogP contribution in [-0.2, 0) is 6.42 Å². The van der Waals surface area contributed by atoms with E-state index in [1.165, 1.54) is 33.0 Å². The van der Waals surface area contributed by atoms with Gasteiger partial charge in [0, 0.05) is 5.56 Å². The molecule has 3 aromatic rings. The summed E-state index contributed by atoms with van der Waals surface area (Å²) in [5.41, 5.74) is 6.46. The van der Waals surface area contributed by atoms with Crippen molar-refractivity contribution in [2.75, 3.05) is 6.61 Å². The van der Waals surface area contributed by atoms with Crippen molar-refractivity contribution < 1.29 is 4.74 Å². The fraction of sp³-hybridized carbons (Fsp3) is 0.185. The number of fused-ring (bicyclic) bond motifs is 1. The minimum absolute atomic E-state index is 0.514. The Labute approximate surface area is 175 Å². The summed E-state index contributed by atoms with van der Waals surface area (Å²) >= 11 is 0. The number of ether oxygens (including phenoxy) is 1. The molecule has 0 aliphatic heterocycles. The van der Waals surface area contributed by atoms with Crippen LogP contribution in [0.2, 0.25) is 13.1 Å². The predicted octanol–water partition coefficient (Wildman–Crippen LogP) is 6.32. The monoisotopic (exact) mass is 396 g/mol. The zero-order valence-corrected chi connectivity index (χ0v) is 18.5. The van der Waals surface area contributed by atoms with Crippen molar-refractivity contribution in [2.24, 2.45) is 0 Å². The van der Waals surface area contributed by atoms with Crippen LogP contribution in [0.5, 0.6) is 5.75 Å². The molecular formula is C27H28OSi. The van der Waals surface area contributed by atoms with Gasteiger partial charge in [-0.15, -0.1) is 0 Å². The maximum Gasteiger partial charge on any atom is 0.127 e. The van der Waals surface area contributed by atoms with Crippen LogP contribution in [0, 0.1) is 6.92 Å². The second kappa shape index (κ2) is 7.88. The number of hydrogen-bond donors (Lipinski definition) is 0. The van der Waals surface area contributed by atoms with Gasteiger partial charge in [-0.25, -0.2) is 0 Å². The molecule has 0 N–H and O–H groups in total. The molecule has 1 aliphatic carbocycles. The Morgan fingerprint density at radius 2 is 1.72 bits per heavy atom. The standard InChI is InChI=1S/C27H28OSi/c1-5-15-28-27-25(21-11-7-6-8-12-21)16-20(2)17-26(27)29(3,4)24-18-22-13-9-10-14-23(22)19-24/h5-14,16-18H,1,15,19H2,2-4H3. The Morgan fingerprint density at radius 1 is 1.00 bits per heavy atom. The zero-order chi connectivity index (χ0) is 20.4. The average molecular weight is 397 g/mol. The molecule has 0 bridgehead atoms. The maximum atomic E-state index is 6.34. The topological polar surface area (TPSA) is 9.23 Å². The second-order valence-electron chi connectivity index (χ2n) is 8.33. The zero-order valence-electron chi connectivity index (χ0n) is 17.5. The highest BCUT2D eigenvalue weighted by Gasteiger charge is 2.35. The van der Waals surface area contributed by atoms with E-state index in [9.17, 15) is 0 Å². The molecule has 0 heterocycles. The van der Waals surface area contributed by atoms with E-state index >= 15 is 0 Å². The molecule has 0 amide bonds. The van der Waals surface area contributed by atoms with E-state index in [2.05, 4.69) is 99.4 Å². The van der Waals surface area contributed by atoms with Crippen LogP contribution in [0.4, 0.5) is 0 Å². The molecule has 146 valence electrons. The number of allylic oxidation sites excluding steroid dienone is 1. The molecule has 4 rings (SSSR count). The van der Waals surface area contributed by atoms with Gasteiger partial charge in [-0.3, -0.25) is 0 Å². The van der Waals surface area contributed by atoms with Crippen molar-refractivity contribution in [1.29, 1.82) is 0 Å². The van der Waals surface area contributed by atoms with Crippen LogP contribution in [0.25, 0.3) is 17.2 Å². The van der Waals surface area contributed by atoms with Gasteiger partial charge in [-0.05, 0) is 41.3 Å². The summed E-state index contributed by atoms with van der Waals surface area (Å²) in [5.74, 6) is 1.02. The maximum absolute atomic E-state index is 6.34. The summed E-state index contributed by atoms with van der Waals surface area (Å²) in [6.07, 6.45) is 5.30. The largest absolute Gasteiger partial charge is 0.489 e. The highest BCUT2D eigenvalue weighted by atomic mass is 28.3. The van der Waals surface area contributed by atoms with Gasteiger partial charge in [0.15, 0.2) is 0 Å². The Morgan fingerprint density at radius 3 is 2.45 bits per heavy atom. The van der Waals surface area contributed by atoms with E-state index in [0.29, 0.717) is 6.61 Å². The van der Waals surface area contributed by atoms with E-state index in [1.807, 2.05) is 6.08 Å². The lowest BCUT2D eigenvalue weighted by atomic mass is 10.0. The number of rotatable bonds is 6. The highest BCUT2D eigenvalue weighted by molar-refractivity contribution is 6.97. The van der Waals surface area contributed by atoms with Gasteiger partial charge in [-0.2, -0.15) is 0 Å². The lowest BCUT2D eigenvalue weighted by Crippen LogP contribution is -2.45. The van der Waals surface area contributed by atoms with Gasteiger partial charge < -0.3 is 4.74 Å². The minimum atomic E-state index is -1.93. The lowest BCUT2D eigenvalue weighted by Gasteiger charge is -2.29. The van der Waals surface area contributed by atoms with Gasteiger partial charge in [0.25, 0.3) is 0 Å². The number of hydrogen-bond acceptors (Lipinski definition) is 1. The third-order valence-corrected chi connectivity index (χ3v) is 9.55. The molecular weight excluding hydrogens is 368 g/mol. The molecule has 0 unspecified atom stereocenters. The molecule has 0 aromatic heterocycles. The Bertz CT molecular complexity index is 1080. The van der Waals surface area contributed by atoms with Crippen molar-refractivity contribution in [3.8, 4) is 16.9 Å². The Hall–Kier alpha value is -2.84. The molecule has 1 nitrogen and oxygen atoms in total. The smallest absolute Gasteiger partial charge is 0.127 e. The molecule has 0 atom stereocenters. The van der Waals surface area contributed by atoms with Crippen LogP contribution in [0.3, 0.4) is 0 Å². The number of benzene rings is 3. The van der Waals surface area contributed by atoms with Gasteiger partial charge in [0.05, 0.1) is 0 Å². The molecule has 0 saturated heterocycles. The van der Waals surface area contributed by atoms with Gasteiger partial charge in [0.2, 0.25) is 0 Å². The quantitative estimate of drug-likeness (QED) is 0.350. The Kier molecular flexibility index (Phi) is 5.29. The molecule has 3 aromatic carbocycles. The molecule has 1 aliphatic rings. The average Bonchev–Trinajstić information content (AvgIpc) is 3.18. The van der Waals surface area contributed by atoms with Crippen molar-refractivity contribution in [3.05, 3.63) is 101 Å². The first kappa shape index (κ1) is 19.5. The van der Waals surface area contributed by atoms with E-state index in [0.717, 1.165) is 12.2 Å². The summed E-state index contributed by atoms with van der Waals surface area (Å²) in [6, 6.07) is 23.9. The summed E-state index contributed by atoms with van der Waals surface area (Å²) in [6.45, 7) is 11.5. The fourth-order valence-corrected chi connectivity index (χ4v) is 7.08. The van der Waals surface area contributed by atoms with Crippen molar-refractivity contribution in [2.45, 2.75) is 26.4 Å². The van der Waals surface area contributed by atoms with Crippen molar-refractivity contribution in [1.82, 2.24) is 0 Å². The molecule has 0 fully saturated rings. The lowest BCUT2D eigenvalue weighted by molar-refractivity contribution is 0.367. The van der Waals surface area contributed by atoms with E-state index in [4.69, 9.17) is 4.74 Å². The van der Waals surface area contributed by atoms with E-state index in [-0.39, 0.29) is 0 Å². The fourth-order valence-electron chi connectivity index (χ4n) is 4.22. The third kappa shape index (κ3) is 3.73. The second-order valence-corrected chi connectivity index (χ2v) is 12.8. The summed E-state index contributed by atoms with van der Waals surface area (Å²) < 4.78 is 6.34.